The molecule has 2 rings (SSSR count). The quantitative estimate of drug-likeness (QED) is 0.365. The van der Waals surface area contributed by atoms with Crippen LogP contribution in [0.3, 0.4) is 0 Å². The minimum absolute atomic E-state index is 0. The average Bonchev–Trinajstić information content (AvgIpc) is 3.09. The van der Waals surface area contributed by atoms with Crippen LogP contribution < -0.4 is 10.6 Å². The maximum atomic E-state index is 12.9. The number of aliphatic imine (C=N–C) groups is 1. The molecule has 0 spiro atoms. The Morgan fingerprint density at radius 3 is 2.48 bits per heavy atom. The molecule has 1 aromatic carbocycles. The van der Waals surface area contributed by atoms with Crippen molar-refractivity contribution in [2.24, 2.45) is 4.99 Å². The number of thiophene rings is 1. The number of halogens is 2. The highest BCUT2D eigenvalue weighted by Gasteiger charge is 2.15. The third-order valence-electron chi connectivity index (χ3n) is 3.80. The number of rotatable bonds is 7. The number of benzene rings is 1. The molecule has 7 heteroatoms. The summed E-state index contributed by atoms with van der Waals surface area (Å²) in [5.74, 6) is 0.577. The first kappa shape index (κ1) is 21.9. The van der Waals surface area contributed by atoms with Crippen LogP contribution in [-0.4, -0.2) is 45.1 Å². The fraction of sp³-hybridized carbons (Fsp3) is 0.389. The fourth-order valence-electron chi connectivity index (χ4n) is 2.41. The van der Waals surface area contributed by atoms with Crippen LogP contribution >= 0.6 is 35.3 Å². The molecular formula is C18H26FIN4S. The molecule has 0 aliphatic carbocycles. The highest BCUT2D eigenvalue weighted by Crippen LogP contribution is 2.22. The Labute approximate surface area is 170 Å². The number of hydrogen-bond donors (Lipinski definition) is 2. The predicted molar refractivity (Wildman–Crippen MR) is 116 cm³/mol. The van der Waals surface area contributed by atoms with Crippen LogP contribution in [0.25, 0.3) is 0 Å². The Balaban J connectivity index is 0.00000312. The number of guanidine groups is 1. The lowest BCUT2D eigenvalue weighted by Crippen LogP contribution is -2.42. The van der Waals surface area contributed by atoms with Crippen LogP contribution in [0.15, 0.2) is 46.8 Å². The van der Waals surface area contributed by atoms with Gasteiger partial charge in [0, 0.05) is 25.0 Å². The van der Waals surface area contributed by atoms with Gasteiger partial charge in [-0.1, -0.05) is 18.2 Å². The van der Waals surface area contributed by atoms with Gasteiger partial charge in [0.05, 0.1) is 6.04 Å². The molecule has 1 unspecified atom stereocenters. The predicted octanol–water partition coefficient (Wildman–Crippen LogP) is 3.52. The maximum Gasteiger partial charge on any atom is 0.191 e. The molecule has 138 valence electrons. The Morgan fingerprint density at radius 2 is 1.92 bits per heavy atom. The molecule has 0 amide bonds. The van der Waals surface area contributed by atoms with Crippen LogP contribution in [-0.2, 0) is 6.42 Å². The van der Waals surface area contributed by atoms with Gasteiger partial charge in [0.15, 0.2) is 5.96 Å². The van der Waals surface area contributed by atoms with E-state index in [2.05, 4.69) is 52.1 Å². The second-order valence-electron chi connectivity index (χ2n) is 5.75. The molecule has 2 aromatic rings. The number of hydrogen-bond acceptors (Lipinski definition) is 3. The van der Waals surface area contributed by atoms with Gasteiger partial charge in [0.2, 0.25) is 0 Å². The molecule has 0 bridgehead atoms. The molecular weight excluding hydrogens is 450 g/mol. The molecule has 0 aliphatic rings. The third kappa shape index (κ3) is 7.29. The van der Waals surface area contributed by atoms with Gasteiger partial charge in [0.1, 0.15) is 5.82 Å². The molecule has 4 nitrogen and oxygen atoms in total. The second kappa shape index (κ2) is 11.4. The van der Waals surface area contributed by atoms with Gasteiger partial charge in [-0.25, -0.2) is 4.39 Å². The van der Waals surface area contributed by atoms with E-state index in [1.165, 1.54) is 17.0 Å². The molecule has 1 atom stereocenters. The van der Waals surface area contributed by atoms with E-state index in [-0.39, 0.29) is 29.8 Å². The van der Waals surface area contributed by atoms with E-state index < -0.39 is 0 Å². The van der Waals surface area contributed by atoms with E-state index in [0.717, 1.165) is 31.0 Å². The largest absolute Gasteiger partial charge is 0.356 e. The van der Waals surface area contributed by atoms with Crippen LogP contribution in [0.4, 0.5) is 4.39 Å². The lowest BCUT2D eigenvalue weighted by atomic mass is 10.1. The molecule has 1 heterocycles. The number of nitrogens with one attached hydrogen (secondary N) is 2. The molecule has 0 radical (unpaired) electrons. The average molecular weight is 476 g/mol. The summed E-state index contributed by atoms with van der Waals surface area (Å²) in [6.45, 7) is 1.53. The van der Waals surface area contributed by atoms with Gasteiger partial charge in [-0.2, -0.15) is 0 Å². The molecule has 25 heavy (non-hydrogen) atoms. The number of nitrogens with zero attached hydrogens (tertiary/aromatic N) is 2. The van der Waals surface area contributed by atoms with Gasteiger partial charge in [0.25, 0.3) is 0 Å². The highest BCUT2D eigenvalue weighted by atomic mass is 127. The second-order valence-corrected chi connectivity index (χ2v) is 6.73. The van der Waals surface area contributed by atoms with E-state index in [4.69, 9.17) is 0 Å². The van der Waals surface area contributed by atoms with E-state index >= 15 is 0 Å². The van der Waals surface area contributed by atoms with Crippen LogP contribution in [0.1, 0.15) is 16.5 Å². The summed E-state index contributed by atoms with van der Waals surface area (Å²) in [6, 6.07) is 11.1. The van der Waals surface area contributed by atoms with E-state index in [9.17, 15) is 4.39 Å². The number of likely N-dealkylation sites (N-methyl/N-ethyl adjacent to an activating group) is 1. The SMILES string of the molecule is CN=C(NCCc1ccc(F)cc1)NCC(c1cccs1)N(C)C.I. The van der Waals surface area contributed by atoms with Crippen molar-refractivity contribution in [2.45, 2.75) is 12.5 Å². The van der Waals surface area contributed by atoms with Crippen LogP contribution in [0.5, 0.6) is 0 Å². The zero-order valence-electron chi connectivity index (χ0n) is 14.8. The van der Waals surface area contributed by atoms with Crippen molar-refractivity contribution >= 4 is 41.3 Å². The van der Waals surface area contributed by atoms with Crippen LogP contribution in [0.2, 0.25) is 0 Å². The van der Waals surface area contributed by atoms with E-state index in [1.807, 2.05) is 12.1 Å². The summed E-state index contributed by atoms with van der Waals surface area (Å²) in [5, 5.41) is 8.78. The van der Waals surface area contributed by atoms with Crippen molar-refractivity contribution in [2.75, 3.05) is 34.2 Å². The maximum absolute atomic E-state index is 12.9. The Morgan fingerprint density at radius 1 is 1.20 bits per heavy atom. The molecule has 1 aromatic heterocycles. The fourth-order valence-corrected chi connectivity index (χ4v) is 3.33. The minimum atomic E-state index is -0.201. The first-order valence-electron chi connectivity index (χ1n) is 7.99. The summed E-state index contributed by atoms with van der Waals surface area (Å²) < 4.78 is 12.9. The monoisotopic (exact) mass is 476 g/mol. The van der Waals surface area contributed by atoms with Gasteiger partial charge in [-0.05, 0) is 49.7 Å². The molecule has 0 saturated carbocycles. The topological polar surface area (TPSA) is 39.7 Å². The zero-order chi connectivity index (χ0) is 17.4. The van der Waals surface area contributed by atoms with Crippen molar-refractivity contribution in [3.63, 3.8) is 0 Å². The molecule has 2 N–H and O–H groups in total. The Hall–Kier alpha value is -1.19. The third-order valence-corrected chi connectivity index (χ3v) is 4.77. The molecule has 0 saturated heterocycles. The normalized spacial score (nSPS) is 12.6. The lowest BCUT2D eigenvalue weighted by Gasteiger charge is -2.24. The summed E-state index contributed by atoms with van der Waals surface area (Å²) in [7, 11) is 5.93. The Kier molecular flexibility index (Phi) is 9.99. The van der Waals surface area contributed by atoms with Crippen molar-refractivity contribution < 1.29 is 4.39 Å². The van der Waals surface area contributed by atoms with E-state index in [0.29, 0.717) is 6.04 Å². The smallest absolute Gasteiger partial charge is 0.191 e. The zero-order valence-corrected chi connectivity index (χ0v) is 18.0. The first-order valence-corrected chi connectivity index (χ1v) is 8.87. The summed E-state index contributed by atoms with van der Waals surface area (Å²) in [6.07, 6.45) is 0.822. The summed E-state index contributed by atoms with van der Waals surface area (Å²) in [4.78, 5) is 7.79. The Bertz CT molecular complexity index is 629. The first-order chi connectivity index (χ1) is 11.6. The lowest BCUT2D eigenvalue weighted by molar-refractivity contribution is 0.302. The van der Waals surface area contributed by atoms with Crippen molar-refractivity contribution in [1.82, 2.24) is 15.5 Å². The summed E-state index contributed by atoms with van der Waals surface area (Å²) in [5.41, 5.74) is 1.10. The van der Waals surface area contributed by atoms with Crippen molar-refractivity contribution in [3.05, 3.63) is 58.0 Å². The molecule has 0 fully saturated rings. The van der Waals surface area contributed by atoms with Gasteiger partial charge < -0.3 is 15.5 Å². The highest BCUT2D eigenvalue weighted by molar-refractivity contribution is 14.0. The minimum Gasteiger partial charge on any atom is -0.356 e. The van der Waals surface area contributed by atoms with Crippen molar-refractivity contribution in [1.29, 1.82) is 0 Å². The van der Waals surface area contributed by atoms with Crippen LogP contribution in [0, 0.1) is 5.82 Å². The van der Waals surface area contributed by atoms with Gasteiger partial charge in [-0.3, -0.25) is 4.99 Å². The van der Waals surface area contributed by atoms with Gasteiger partial charge in [-0.15, -0.1) is 35.3 Å². The summed E-state index contributed by atoms with van der Waals surface area (Å²) >= 11 is 1.76. The van der Waals surface area contributed by atoms with Gasteiger partial charge >= 0.3 is 0 Å². The van der Waals surface area contributed by atoms with Crippen molar-refractivity contribution in [3.8, 4) is 0 Å². The standard InChI is InChI=1S/C18H25FN4S.HI/c1-20-18(21-11-10-14-6-8-15(19)9-7-14)22-13-16(23(2)3)17-5-4-12-24-17;/h4-9,12,16H,10-11,13H2,1-3H3,(H2,20,21,22);1H. The van der Waals surface area contributed by atoms with E-state index in [1.54, 1.807) is 18.4 Å². The molecule has 0 aliphatic heterocycles.